The van der Waals surface area contributed by atoms with Crippen LogP contribution in [-0.4, -0.2) is 13.5 Å². The highest BCUT2D eigenvalue weighted by atomic mass is 35.5. The first-order chi connectivity index (χ1) is 11.5. The lowest BCUT2D eigenvalue weighted by molar-refractivity contribution is 0.224. The maximum atomic E-state index is 12.3. The summed E-state index contributed by atoms with van der Waals surface area (Å²) in [5.74, 6) is 0. The van der Waals surface area contributed by atoms with Crippen LogP contribution in [0.3, 0.4) is 0 Å². The van der Waals surface area contributed by atoms with Crippen LogP contribution in [0.4, 0.5) is 0 Å². The zero-order valence-corrected chi connectivity index (χ0v) is 15.6. The van der Waals surface area contributed by atoms with Crippen molar-refractivity contribution in [3.63, 3.8) is 0 Å². The van der Waals surface area contributed by atoms with Crippen molar-refractivity contribution in [2.75, 3.05) is 0 Å². The Morgan fingerprint density at radius 2 is 1.96 bits per heavy atom. The van der Waals surface area contributed by atoms with Crippen LogP contribution in [-0.2, 0) is 16.6 Å². The number of nitrogens with one attached hydrogen (secondary N) is 1. The molecule has 4 nitrogen and oxygen atoms in total. The van der Waals surface area contributed by atoms with Gasteiger partial charge in [0.25, 0.3) is 0 Å². The highest BCUT2D eigenvalue weighted by molar-refractivity contribution is 7.89. The van der Waals surface area contributed by atoms with Gasteiger partial charge >= 0.3 is 0 Å². The number of halogens is 1. The molecular weight excluding hydrogens is 386 g/mol. The zero-order chi connectivity index (χ0) is 17.2. The second-order valence-corrected chi connectivity index (χ2v) is 9.14. The minimum absolute atomic E-state index is 0.0572. The van der Waals surface area contributed by atoms with Crippen molar-refractivity contribution in [3.05, 3.63) is 73.6 Å². The minimum Gasteiger partial charge on any atom is -0.383 e. The summed E-state index contributed by atoms with van der Waals surface area (Å²) in [5, 5.41) is 14.3. The minimum atomic E-state index is -3.68. The lowest BCUT2D eigenvalue weighted by atomic mass is 10.2. The number of hydrogen-bond donors (Lipinski definition) is 2. The van der Waals surface area contributed by atoms with E-state index in [1.165, 1.54) is 34.8 Å². The van der Waals surface area contributed by atoms with Crippen LogP contribution in [0.25, 0.3) is 0 Å². The number of hydrogen-bond acceptors (Lipinski definition) is 5. The maximum absolute atomic E-state index is 12.3. The first-order valence-electron chi connectivity index (χ1n) is 7.00. The summed E-state index contributed by atoms with van der Waals surface area (Å²) in [5.41, 5.74) is 0.838. The molecule has 1 unspecified atom stereocenters. The summed E-state index contributed by atoms with van der Waals surface area (Å²) < 4.78 is 27.2. The molecule has 2 aromatic heterocycles. The second-order valence-electron chi connectivity index (χ2n) is 5.02. The molecule has 2 heterocycles. The van der Waals surface area contributed by atoms with Gasteiger partial charge in [0, 0.05) is 16.3 Å². The van der Waals surface area contributed by atoms with E-state index in [-0.39, 0.29) is 16.5 Å². The van der Waals surface area contributed by atoms with E-state index in [0.29, 0.717) is 0 Å². The molecule has 0 aliphatic carbocycles. The SMILES string of the molecule is O=S(=O)(NCc1ccc(C(O)c2ccsc2)s1)c1ccccc1Cl. The molecule has 0 saturated carbocycles. The molecule has 1 atom stereocenters. The molecule has 0 aliphatic heterocycles. The Balaban J connectivity index is 1.71. The number of benzene rings is 1. The van der Waals surface area contributed by atoms with Crippen molar-refractivity contribution in [1.82, 2.24) is 4.72 Å². The van der Waals surface area contributed by atoms with Gasteiger partial charge in [-0.05, 0) is 46.7 Å². The zero-order valence-electron chi connectivity index (χ0n) is 12.3. The molecule has 0 radical (unpaired) electrons. The van der Waals surface area contributed by atoms with Gasteiger partial charge in [0.1, 0.15) is 11.0 Å². The van der Waals surface area contributed by atoms with Crippen LogP contribution in [0.5, 0.6) is 0 Å². The average Bonchev–Trinajstić information content (AvgIpc) is 3.24. The van der Waals surface area contributed by atoms with Gasteiger partial charge in [0.05, 0.1) is 5.02 Å². The number of aliphatic hydroxyl groups excluding tert-OH is 1. The summed E-state index contributed by atoms with van der Waals surface area (Å²) in [6, 6.07) is 11.8. The highest BCUT2D eigenvalue weighted by Gasteiger charge is 2.18. The first-order valence-corrected chi connectivity index (χ1v) is 10.6. The lowest BCUT2D eigenvalue weighted by Gasteiger charge is -2.07. The van der Waals surface area contributed by atoms with Crippen molar-refractivity contribution in [2.45, 2.75) is 17.5 Å². The molecule has 0 fully saturated rings. The fraction of sp³-hybridized carbons (Fsp3) is 0.125. The Labute approximate surface area is 153 Å². The Morgan fingerprint density at radius 3 is 2.67 bits per heavy atom. The van der Waals surface area contributed by atoms with Crippen LogP contribution in [0.15, 0.2) is 58.1 Å². The van der Waals surface area contributed by atoms with Crippen LogP contribution in [0.1, 0.15) is 21.4 Å². The molecule has 2 N–H and O–H groups in total. The molecule has 0 saturated heterocycles. The molecule has 0 bridgehead atoms. The molecule has 0 amide bonds. The van der Waals surface area contributed by atoms with Gasteiger partial charge in [-0.2, -0.15) is 11.3 Å². The molecule has 8 heteroatoms. The predicted octanol–water partition coefficient (Wildman–Crippen LogP) is 4.02. The first kappa shape index (κ1) is 17.6. The van der Waals surface area contributed by atoms with Crippen molar-refractivity contribution >= 4 is 44.3 Å². The topological polar surface area (TPSA) is 66.4 Å². The Morgan fingerprint density at radius 1 is 1.17 bits per heavy atom. The molecule has 3 aromatic rings. The van der Waals surface area contributed by atoms with E-state index in [2.05, 4.69) is 4.72 Å². The van der Waals surface area contributed by atoms with Gasteiger partial charge in [0.2, 0.25) is 10.0 Å². The quantitative estimate of drug-likeness (QED) is 0.657. The van der Waals surface area contributed by atoms with Crippen LogP contribution < -0.4 is 4.72 Å². The standard InChI is InChI=1S/C16H14ClNO3S3/c17-13-3-1-2-4-15(13)24(20,21)18-9-12-5-6-14(23-12)16(19)11-7-8-22-10-11/h1-8,10,16,18-19H,9H2. The fourth-order valence-corrected chi connectivity index (χ4v) is 5.40. The van der Waals surface area contributed by atoms with E-state index in [9.17, 15) is 13.5 Å². The number of sulfonamides is 1. The van der Waals surface area contributed by atoms with Crippen LogP contribution in [0, 0.1) is 0 Å². The van der Waals surface area contributed by atoms with E-state index in [4.69, 9.17) is 11.6 Å². The third-order valence-corrected chi connectivity index (χ3v) is 7.11. The van der Waals surface area contributed by atoms with Crippen molar-refractivity contribution in [3.8, 4) is 0 Å². The van der Waals surface area contributed by atoms with Crippen molar-refractivity contribution in [1.29, 1.82) is 0 Å². The predicted molar refractivity (Wildman–Crippen MR) is 98.2 cm³/mol. The fourth-order valence-electron chi connectivity index (χ4n) is 2.14. The van der Waals surface area contributed by atoms with Gasteiger partial charge in [-0.3, -0.25) is 0 Å². The van der Waals surface area contributed by atoms with Crippen molar-refractivity contribution < 1.29 is 13.5 Å². The maximum Gasteiger partial charge on any atom is 0.242 e. The third-order valence-electron chi connectivity index (χ3n) is 3.37. The lowest BCUT2D eigenvalue weighted by Crippen LogP contribution is -2.23. The highest BCUT2D eigenvalue weighted by Crippen LogP contribution is 2.30. The van der Waals surface area contributed by atoms with Gasteiger partial charge < -0.3 is 5.11 Å². The van der Waals surface area contributed by atoms with Crippen molar-refractivity contribution in [2.24, 2.45) is 0 Å². The molecule has 24 heavy (non-hydrogen) atoms. The monoisotopic (exact) mass is 399 g/mol. The van der Waals surface area contributed by atoms with Crippen LogP contribution in [0.2, 0.25) is 5.02 Å². The summed E-state index contributed by atoms with van der Waals surface area (Å²) in [6.07, 6.45) is -0.685. The van der Waals surface area contributed by atoms with E-state index < -0.39 is 16.1 Å². The number of thiophene rings is 2. The molecule has 1 aromatic carbocycles. The molecule has 0 aliphatic rings. The summed E-state index contributed by atoms with van der Waals surface area (Å²) >= 11 is 8.84. The van der Waals surface area contributed by atoms with E-state index in [1.807, 2.05) is 29.0 Å². The second kappa shape index (κ2) is 7.35. The third kappa shape index (κ3) is 3.88. The molecule has 0 spiro atoms. The molecule has 126 valence electrons. The van der Waals surface area contributed by atoms with E-state index >= 15 is 0 Å². The molecule has 3 rings (SSSR count). The molecular formula is C16H14ClNO3S3. The van der Waals surface area contributed by atoms with Crippen LogP contribution >= 0.6 is 34.3 Å². The summed E-state index contributed by atoms with van der Waals surface area (Å²) in [4.78, 5) is 1.65. The number of rotatable bonds is 6. The summed E-state index contributed by atoms with van der Waals surface area (Å²) in [6.45, 7) is 0.147. The van der Waals surface area contributed by atoms with Gasteiger partial charge in [-0.1, -0.05) is 23.7 Å². The van der Waals surface area contributed by atoms with Gasteiger partial charge in [-0.15, -0.1) is 11.3 Å². The average molecular weight is 400 g/mol. The van der Waals surface area contributed by atoms with E-state index in [1.54, 1.807) is 12.1 Å². The Bertz CT molecular complexity index is 920. The van der Waals surface area contributed by atoms with Gasteiger partial charge in [-0.25, -0.2) is 13.1 Å². The largest absolute Gasteiger partial charge is 0.383 e. The van der Waals surface area contributed by atoms with Gasteiger partial charge in [0.15, 0.2) is 0 Å². The Kier molecular flexibility index (Phi) is 5.39. The Hall–Kier alpha value is -1.22. The number of aliphatic hydroxyl groups is 1. The smallest absolute Gasteiger partial charge is 0.242 e. The normalized spacial score (nSPS) is 13.1. The van der Waals surface area contributed by atoms with E-state index in [0.717, 1.165) is 15.3 Å². The summed E-state index contributed by atoms with van der Waals surface area (Å²) in [7, 11) is -3.68.